The summed E-state index contributed by atoms with van der Waals surface area (Å²) >= 11 is 0. The van der Waals surface area contributed by atoms with Gasteiger partial charge in [0.05, 0.1) is 6.07 Å². The summed E-state index contributed by atoms with van der Waals surface area (Å²) in [6, 6.07) is 15.8. The third kappa shape index (κ3) is 4.98. The molecular weight excluding hydrogens is 404 g/mol. The third-order valence-corrected chi connectivity index (χ3v) is 6.06. The Labute approximate surface area is 188 Å². The van der Waals surface area contributed by atoms with Gasteiger partial charge in [-0.05, 0) is 53.8 Å². The van der Waals surface area contributed by atoms with Crippen LogP contribution in [-0.2, 0) is 27.2 Å². The molecule has 2 amide bonds. The highest BCUT2D eigenvalue weighted by molar-refractivity contribution is 5.96. The van der Waals surface area contributed by atoms with E-state index >= 15 is 0 Å². The molecule has 2 heterocycles. The minimum atomic E-state index is -0.614. The molecule has 0 radical (unpaired) electrons. The summed E-state index contributed by atoms with van der Waals surface area (Å²) in [6.45, 7) is 1.83. The van der Waals surface area contributed by atoms with E-state index < -0.39 is 12.1 Å². The molecule has 0 aromatic heterocycles. The molecule has 2 aliphatic heterocycles. The van der Waals surface area contributed by atoms with E-state index in [-0.39, 0.29) is 11.8 Å². The van der Waals surface area contributed by atoms with Crippen molar-refractivity contribution >= 4 is 17.5 Å². The fraction of sp³-hybridized carbons (Fsp3) is 0.400. The van der Waals surface area contributed by atoms with Crippen LogP contribution in [0.4, 0.5) is 5.69 Å². The highest BCUT2D eigenvalue weighted by atomic mass is 16.5. The van der Waals surface area contributed by atoms with E-state index in [2.05, 4.69) is 22.8 Å². The molecule has 2 N–H and O–H groups in total. The molecule has 2 aromatic rings. The molecule has 1 saturated heterocycles. The van der Waals surface area contributed by atoms with Gasteiger partial charge in [0.15, 0.2) is 0 Å². The first-order chi connectivity index (χ1) is 15.5. The number of ether oxygens (including phenoxy) is 1. The number of anilines is 1. The molecular formula is C25H28N4O3. The fourth-order valence-corrected chi connectivity index (χ4v) is 4.18. The topological polar surface area (TPSA) is 94.5 Å². The summed E-state index contributed by atoms with van der Waals surface area (Å²) < 4.78 is 5.57. The van der Waals surface area contributed by atoms with Gasteiger partial charge in [-0.3, -0.25) is 9.59 Å². The first-order valence-corrected chi connectivity index (χ1v) is 11.1. The van der Waals surface area contributed by atoms with Crippen molar-refractivity contribution < 1.29 is 14.3 Å². The highest BCUT2D eigenvalue weighted by Gasteiger charge is 2.24. The van der Waals surface area contributed by atoms with Crippen molar-refractivity contribution in [1.82, 2.24) is 10.6 Å². The average molecular weight is 433 g/mol. The molecule has 0 aliphatic carbocycles. The minimum Gasteiger partial charge on any atom is -0.367 e. The zero-order valence-electron chi connectivity index (χ0n) is 18.3. The van der Waals surface area contributed by atoms with Crippen LogP contribution in [0.1, 0.15) is 24.0 Å². The maximum Gasteiger partial charge on any atom is 0.251 e. The van der Waals surface area contributed by atoms with Crippen molar-refractivity contribution in [3.05, 3.63) is 53.6 Å². The van der Waals surface area contributed by atoms with Crippen LogP contribution in [0.15, 0.2) is 42.5 Å². The Hall–Kier alpha value is -3.21. The Bertz CT molecular complexity index is 1020. The molecule has 7 heteroatoms. The first kappa shape index (κ1) is 22.0. The lowest BCUT2D eigenvalue weighted by atomic mass is 9.95. The van der Waals surface area contributed by atoms with Gasteiger partial charge in [0.25, 0.3) is 5.91 Å². The van der Waals surface area contributed by atoms with Crippen LogP contribution in [-0.4, -0.2) is 50.7 Å². The molecule has 0 saturated carbocycles. The van der Waals surface area contributed by atoms with E-state index in [1.807, 2.05) is 43.4 Å². The Kier molecular flexibility index (Phi) is 6.84. The van der Waals surface area contributed by atoms with Crippen LogP contribution in [0.3, 0.4) is 0 Å². The van der Waals surface area contributed by atoms with Crippen LogP contribution in [0, 0.1) is 11.3 Å². The predicted molar refractivity (Wildman–Crippen MR) is 122 cm³/mol. The van der Waals surface area contributed by atoms with E-state index in [0.29, 0.717) is 26.0 Å². The molecule has 0 bridgehead atoms. The van der Waals surface area contributed by atoms with Crippen molar-refractivity contribution in [2.75, 3.05) is 31.6 Å². The summed E-state index contributed by atoms with van der Waals surface area (Å²) in [7, 11) is 1.82. The Balaban J connectivity index is 1.40. The van der Waals surface area contributed by atoms with Gasteiger partial charge in [-0.1, -0.05) is 30.3 Å². The summed E-state index contributed by atoms with van der Waals surface area (Å²) in [6.07, 6.45) is 2.04. The van der Waals surface area contributed by atoms with Crippen molar-refractivity contribution in [1.29, 1.82) is 5.26 Å². The predicted octanol–water partition coefficient (Wildman–Crippen LogP) is 2.19. The van der Waals surface area contributed by atoms with Crippen LogP contribution in [0.25, 0.3) is 11.1 Å². The second kappa shape index (κ2) is 9.94. The number of carbonyl (C=O) groups is 2. The zero-order chi connectivity index (χ0) is 22.5. The lowest BCUT2D eigenvalue weighted by Crippen LogP contribution is -2.46. The van der Waals surface area contributed by atoms with E-state index in [1.54, 1.807) is 4.90 Å². The molecule has 166 valence electrons. The van der Waals surface area contributed by atoms with Crippen molar-refractivity contribution in [3.8, 4) is 17.2 Å². The van der Waals surface area contributed by atoms with Crippen molar-refractivity contribution in [2.24, 2.45) is 0 Å². The van der Waals surface area contributed by atoms with Crippen molar-refractivity contribution in [2.45, 2.75) is 37.8 Å². The monoisotopic (exact) mass is 432 g/mol. The van der Waals surface area contributed by atoms with Gasteiger partial charge >= 0.3 is 0 Å². The lowest BCUT2D eigenvalue weighted by Gasteiger charge is -2.26. The number of amides is 2. The SMILES string of the molecule is CN1C(=O)CCc2cc(-c3ccc(CC(C#N)NC(=O)C4CNCCCO4)cc3)ccc21. The lowest BCUT2D eigenvalue weighted by molar-refractivity contribution is -0.132. The smallest absolute Gasteiger partial charge is 0.251 e. The van der Waals surface area contributed by atoms with Gasteiger partial charge in [-0.2, -0.15) is 5.26 Å². The standard InChI is InChI=1S/C25H28N4O3/c1-29-22-9-7-19(14-20(22)8-10-24(29)30)18-5-3-17(4-6-18)13-21(15-26)28-25(31)23-16-27-11-2-12-32-23/h3-7,9,14,21,23,27H,2,8,10-13,16H2,1H3,(H,28,31). The number of nitriles is 1. The first-order valence-electron chi connectivity index (χ1n) is 11.1. The third-order valence-electron chi connectivity index (χ3n) is 6.06. The van der Waals surface area contributed by atoms with Crippen molar-refractivity contribution in [3.63, 3.8) is 0 Å². The minimum absolute atomic E-state index is 0.149. The summed E-state index contributed by atoms with van der Waals surface area (Å²) in [4.78, 5) is 26.1. The van der Waals surface area contributed by atoms with Gasteiger partial charge in [0.1, 0.15) is 12.1 Å². The summed E-state index contributed by atoms with van der Waals surface area (Å²) in [5, 5.41) is 15.5. The van der Waals surface area contributed by atoms with E-state index in [1.165, 1.54) is 5.56 Å². The second-order valence-corrected chi connectivity index (χ2v) is 8.30. The van der Waals surface area contributed by atoms with E-state index in [9.17, 15) is 14.9 Å². The molecule has 2 atom stereocenters. The van der Waals surface area contributed by atoms with E-state index in [0.717, 1.165) is 41.8 Å². The number of hydrogen-bond acceptors (Lipinski definition) is 5. The maximum atomic E-state index is 12.5. The molecule has 0 spiro atoms. The highest BCUT2D eigenvalue weighted by Crippen LogP contribution is 2.31. The molecule has 1 fully saturated rings. The molecule has 32 heavy (non-hydrogen) atoms. The van der Waals surface area contributed by atoms with Gasteiger partial charge in [0, 0.05) is 38.7 Å². The number of benzene rings is 2. The van der Waals surface area contributed by atoms with Crippen LogP contribution >= 0.6 is 0 Å². The Morgan fingerprint density at radius 3 is 2.81 bits per heavy atom. The Morgan fingerprint density at radius 2 is 2.03 bits per heavy atom. The molecule has 2 aromatic carbocycles. The van der Waals surface area contributed by atoms with Gasteiger partial charge in [0.2, 0.25) is 5.91 Å². The number of aryl methyl sites for hydroxylation is 1. The number of rotatable bonds is 5. The number of nitrogens with zero attached hydrogens (tertiary/aromatic N) is 2. The number of hydrogen-bond donors (Lipinski definition) is 2. The van der Waals surface area contributed by atoms with Gasteiger partial charge in [-0.15, -0.1) is 0 Å². The molecule has 7 nitrogen and oxygen atoms in total. The average Bonchev–Trinajstić information content (AvgIpc) is 3.11. The Morgan fingerprint density at radius 1 is 1.25 bits per heavy atom. The molecule has 2 aliphatic rings. The zero-order valence-corrected chi connectivity index (χ0v) is 18.3. The normalized spacial score (nSPS) is 19.4. The van der Waals surface area contributed by atoms with Crippen LogP contribution < -0.4 is 15.5 Å². The largest absolute Gasteiger partial charge is 0.367 e. The van der Waals surface area contributed by atoms with Crippen LogP contribution in [0.2, 0.25) is 0 Å². The fourth-order valence-electron chi connectivity index (χ4n) is 4.18. The number of fused-ring (bicyclic) bond motifs is 1. The number of nitrogens with one attached hydrogen (secondary N) is 2. The van der Waals surface area contributed by atoms with Crippen LogP contribution in [0.5, 0.6) is 0 Å². The second-order valence-electron chi connectivity index (χ2n) is 8.30. The summed E-state index contributed by atoms with van der Waals surface area (Å²) in [5.41, 5.74) is 5.30. The summed E-state index contributed by atoms with van der Waals surface area (Å²) in [5.74, 6) is -0.101. The van der Waals surface area contributed by atoms with Gasteiger partial charge in [-0.25, -0.2) is 0 Å². The maximum absolute atomic E-state index is 12.5. The van der Waals surface area contributed by atoms with E-state index in [4.69, 9.17) is 4.74 Å². The van der Waals surface area contributed by atoms with Gasteiger partial charge < -0.3 is 20.3 Å². The molecule has 4 rings (SSSR count). The quantitative estimate of drug-likeness (QED) is 0.755. The molecule has 2 unspecified atom stereocenters. The number of carbonyl (C=O) groups excluding carboxylic acids is 2.